The largest absolute Gasteiger partial charge is 0.490 e. The number of hydrogen-bond donors (Lipinski definition) is 2. The second kappa shape index (κ2) is 6.69. The Morgan fingerprint density at radius 1 is 1.43 bits per heavy atom. The molecule has 0 bridgehead atoms. The van der Waals surface area contributed by atoms with Crippen LogP contribution in [0, 0.1) is 17.0 Å². The number of hydrazone groups is 1. The van der Waals surface area contributed by atoms with Crippen molar-refractivity contribution in [3.05, 3.63) is 51.3 Å². The molecule has 0 fully saturated rings. The van der Waals surface area contributed by atoms with E-state index >= 15 is 0 Å². The van der Waals surface area contributed by atoms with Crippen LogP contribution in [0.1, 0.15) is 28.7 Å². The van der Waals surface area contributed by atoms with Gasteiger partial charge in [-0.2, -0.15) is 10.2 Å². The van der Waals surface area contributed by atoms with E-state index in [1.165, 1.54) is 19.2 Å². The molecule has 0 saturated carbocycles. The maximum Gasteiger partial charge on any atom is 0.311 e. The van der Waals surface area contributed by atoms with Crippen molar-refractivity contribution in [2.45, 2.75) is 13.8 Å². The van der Waals surface area contributed by atoms with Gasteiger partial charge in [0.05, 0.1) is 17.7 Å². The molecule has 1 aromatic carbocycles. The second-order valence-corrected chi connectivity index (χ2v) is 4.72. The van der Waals surface area contributed by atoms with Crippen LogP contribution in [0.3, 0.4) is 0 Å². The van der Waals surface area contributed by atoms with Gasteiger partial charge in [-0.3, -0.25) is 20.0 Å². The molecule has 0 aliphatic heterocycles. The number of aryl methyl sites for hydroxylation is 1. The minimum Gasteiger partial charge on any atom is -0.490 e. The first-order valence-corrected chi connectivity index (χ1v) is 6.62. The van der Waals surface area contributed by atoms with Crippen molar-refractivity contribution < 1.29 is 14.5 Å². The van der Waals surface area contributed by atoms with Gasteiger partial charge in [0.1, 0.15) is 0 Å². The summed E-state index contributed by atoms with van der Waals surface area (Å²) in [7, 11) is 1.36. The number of amides is 1. The van der Waals surface area contributed by atoms with Gasteiger partial charge in [0.25, 0.3) is 5.91 Å². The van der Waals surface area contributed by atoms with Crippen molar-refractivity contribution in [3.63, 3.8) is 0 Å². The van der Waals surface area contributed by atoms with Crippen molar-refractivity contribution in [1.82, 2.24) is 15.6 Å². The minimum atomic E-state index is -0.541. The van der Waals surface area contributed by atoms with Crippen LogP contribution in [0.2, 0.25) is 0 Å². The van der Waals surface area contributed by atoms with Crippen molar-refractivity contribution in [2.75, 3.05) is 7.11 Å². The molecule has 0 radical (unpaired) electrons. The standard InChI is InChI=1S/C14H15N5O4/c1-8-6-11(17-15-8)14(20)18-16-9(2)10-4-5-13(23-3)12(7-10)19(21)22/h4-7H,1-3H3,(H,15,17)(H,18,20). The number of benzene rings is 1. The summed E-state index contributed by atoms with van der Waals surface area (Å²) in [5.41, 5.74) is 4.05. The van der Waals surface area contributed by atoms with E-state index in [0.29, 0.717) is 11.3 Å². The van der Waals surface area contributed by atoms with E-state index in [4.69, 9.17) is 4.74 Å². The van der Waals surface area contributed by atoms with Gasteiger partial charge in [0, 0.05) is 17.3 Å². The molecule has 0 atom stereocenters. The molecule has 1 amide bonds. The number of nitro benzene ring substituents is 1. The summed E-state index contributed by atoms with van der Waals surface area (Å²) < 4.78 is 4.94. The average molecular weight is 317 g/mol. The Morgan fingerprint density at radius 2 is 2.17 bits per heavy atom. The summed E-state index contributed by atoms with van der Waals surface area (Å²) in [6, 6.07) is 6.02. The lowest BCUT2D eigenvalue weighted by Gasteiger charge is -2.05. The van der Waals surface area contributed by atoms with Gasteiger partial charge in [-0.15, -0.1) is 0 Å². The topological polar surface area (TPSA) is 123 Å². The lowest BCUT2D eigenvalue weighted by atomic mass is 10.1. The van der Waals surface area contributed by atoms with E-state index < -0.39 is 10.8 Å². The Kier molecular flexibility index (Phi) is 4.69. The van der Waals surface area contributed by atoms with Crippen LogP contribution in [0.4, 0.5) is 5.69 Å². The first kappa shape index (κ1) is 16.1. The summed E-state index contributed by atoms with van der Waals surface area (Å²) >= 11 is 0. The van der Waals surface area contributed by atoms with Crippen molar-refractivity contribution in [1.29, 1.82) is 0 Å². The molecule has 0 aliphatic rings. The summed E-state index contributed by atoms with van der Waals surface area (Å²) in [4.78, 5) is 22.3. The van der Waals surface area contributed by atoms with Gasteiger partial charge < -0.3 is 4.74 Å². The number of carbonyl (C=O) groups excluding carboxylic acids is 1. The zero-order valence-electron chi connectivity index (χ0n) is 12.8. The summed E-state index contributed by atoms with van der Waals surface area (Å²) in [6.07, 6.45) is 0. The number of nitrogens with zero attached hydrogens (tertiary/aromatic N) is 3. The second-order valence-electron chi connectivity index (χ2n) is 4.72. The SMILES string of the molecule is COc1ccc(C(C)=NNC(=O)c2cc(C)[nH]n2)cc1[N+](=O)[O-]. The van der Waals surface area contributed by atoms with Crippen LogP contribution in [0.15, 0.2) is 29.4 Å². The van der Waals surface area contributed by atoms with Crippen molar-refractivity contribution in [2.24, 2.45) is 5.10 Å². The zero-order chi connectivity index (χ0) is 17.0. The van der Waals surface area contributed by atoms with Gasteiger partial charge in [-0.1, -0.05) is 0 Å². The van der Waals surface area contributed by atoms with E-state index in [-0.39, 0.29) is 17.1 Å². The molecule has 2 rings (SSSR count). The predicted molar refractivity (Wildman–Crippen MR) is 82.7 cm³/mol. The molecule has 0 aliphatic carbocycles. The van der Waals surface area contributed by atoms with Crippen LogP contribution in [-0.4, -0.2) is 33.8 Å². The maximum atomic E-state index is 11.8. The van der Waals surface area contributed by atoms with Gasteiger partial charge >= 0.3 is 5.69 Å². The Labute approximate surface area is 131 Å². The van der Waals surface area contributed by atoms with Crippen LogP contribution in [0.25, 0.3) is 0 Å². The number of rotatable bonds is 5. The van der Waals surface area contributed by atoms with E-state index in [1.54, 1.807) is 26.0 Å². The first-order valence-electron chi connectivity index (χ1n) is 6.62. The number of nitrogens with one attached hydrogen (secondary N) is 2. The molecule has 1 heterocycles. The Hall–Kier alpha value is -3.23. The number of hydrogen-bond acceptors (Lipinski definition) is 6. The van der Waals surface area contributed by atoms with Crippen LogP contribution >= 0.6 is 0 Å². The molecule has 1 aromatic heterocycles. The number of H-pyrrole nitrogens is 1. The van der Waals surface area contributed by atoms with Crippen molar-refractivity contribution >= 4 is 17.3 Å². The fourth-order valence-corrected chi connectivity index (χ4v) is 1.85. The molecule has 0 unspecified atom stereocenters. The number of carbonyl (C=O) groups is 1. The first-order chi connectivity index (χ1) is 10.9. The third-order valence-corrected chi connectivity index (χ3v) is 3.06. The van der Waals surface area contributed by atoms with E-state index in [9.17, 15) is 14.9 Å². The highest BCUT2D eigenvalue weighted by Gasteiger charge is 2.16. The average Bonchev–Trinajstić information content (AvgIpc) is 2.98. The number of nitro groups is 1. The maximum absolute atomic E-state index is 11.8. The highest BCUT2D eigenvalue weighted by atomic mass is 16.6. The van der Waals surface area contributed by atoms with Crippen LogP contribution in [-0.2, 0) is 0 Å². The molecule has 2 N–H and O–H groups in total. The van der Waals surface area contributed by atoms with E-state index in [1.807, 2.05) is 0 Å². The van der Waals surface area contributed by atoms with E-state index in [2.05, 4.69) is 20.7 Å². The summed E-state index contributed by atoms with van der Waals surface area (Å²) in [5, 5.41) is 21.4. The van der Waals surface area contributed by atoms with Gasteiger partial charge in [0.15, 0.2) is 11.4 Å². The van der Waals surface area contributed by atoms with Crippen molar-refractivity contribution in [3.8, 4) is 5.75 Å². The highest BCUT2D eigenvalue weighted by molar-refractivity contribution is 6.01. The fourth-order valence-electron chi connectivity index (χ4n) is 1.85. The van der Waals surface area contributed by atoms with Gasteiger partial charge in [-0.25, -0.2) is 5.43 Å². The molecule has 0 saturated heterocycles. The Bertz CT molecular complexity index is 781. The summed E-state index contributed by atoms with van der Waals surface area (Å²) in [6.45, 7) is 3.40. The molecule has 9 heteroatoms. The fraction of sp³-hybridized carbons (Fsp3) is 0.214. The van der Waals surface area contributed by atoms with Gasteiger partial charge in [0.2, 0.25) is 0 Å². The number of aromatic nitrogens is 2. The molecule has 0 spiro atoms. The predicted octanol–water partition coefficient (Wildman–Crippen LogP) is 1.79. The molecular weight excluding hydrogens is 302 g/mol. The molecule has 120 valence electrons. The monoisotopic (exact) mass is 317 g/mol. The molecule has 9 nitrogen and oxygen atoms in total. The highest BCUT2D eigenvalue weighted by Crippen LogP contribution is 2.27. The number of aromatic amines is 1. The minimum absolute atomic E-state index is 0.155. The molecule has 23 heavy (non-hydrogen) atoms. The third-order valence-electron chi connectivity index (χ3n) is 3.06. The quantitative estimate of drug-likeness (QED) is 0.494. The Morgan fingerprint density at radius 3 is 2.74 bits per heavy atom. The smallest absolute Gasteiger partial charge is 0.311 e. The molecule has 2 aromatic rings. The summed E-state index contributed by atoms with van der Waals surface area (Å²) in [5.74, 6) is -0.320. The zero-order valence-corrected chi connectivity index (χ0v) is 12.8. The van der Waals surface area contributed by atoms with E-state index in [0.717, 1.165) is 5.69 Å². The van der Waals surface area contributed by atoms with Gasteiger partial charge in [-0.05, 0) is 32.0 Å². The molecular formula is C14H15N5O4. The number of methoxy groups -OCH3 is 1. The number of ether oxygens (including phenoxy) is 1. The van der Waals surface area contributed by atoms with Crippen LogP contribution in [0.5, 0.6) is 5.75 Å². The lowest BCUT2D eigenvalue weighted by Crippen LogP contribution is -2.19. The third kappa shape index (κ3) is 3.70. The lowest BCUT2D eigenvalue weighted by molar-refractivity contribution is -0.385. The Balaban J connectivity index is 2.19. The normalized spacial score (nSPS) is 11.2. The van der Waals surface area contributed by atoms with Crippen LogP contribution < -0.4 is 10.2 Å².